The highest BCUT2D eigenvalue weighted by Gasteiger charge is 2.71. The zero-order valence-electron chi connectivity index (χ0n) is 20.8. The summed E-state index contributed by atoms with van der Waals surface area (Å²) in [6.07, 6.45) is 0.422. The molecule has 3 aliphatic rings. The average molecular weight is 487 g/mol. The number of rotatable bonds is 4. The molecule has 6 atom stereocenters. The third-order valence-corrected chi connectivity index (χ3v) is 7.88. The Hall–Kier alpha value is -3.11. The topological polar surface area (TPSA) is 144 Å². The first-order chi connectivity index (χ1) is 16.2. The van der Waals surface area contributed by atoms with Gasteiger partial charge in [-0.05, 0) is 36.5 Å². The van der Waals surface area contributed by atoms with Gasteiger partial charge in [0.25, 0.3) is 0 Å². The second kappa shape index (κ2) is 7.96. The third-order valence-electron chi connectivity index (χ3n) is 7.88. The number of nitrogens with two attached hydrogens (primary N) is 1. The quantitative estimate of drug-likeness (QED) is 0.423. The van der Waals surface area contributed by atoms with Gasteiger partial charge in [-0.15, -0.1) is 0 Å². The Kier molecular flexibility index (Phi) is 5.68. The molecule has 0 radical (unpaired) electrons. The van der Waals surface area contributed by atoms with Crippen LogP contribution in [0.3, 0.4) is 0 Å². The molecule has 1 aromatic carbocycles. The summed E-state index contributed by atoms with van der Waals surface area (Å²) in [6.45, 7) is 0. The van der Waals surface area contributed by atoms with Crippen molar-refractivity contribution in [1.82, 2.24) is 0 Å². The first-order valence-corrected chi connectivity index (χ1v) is 11.5. The fourth-order valence-corrected chi connectivity index (χ4v) is 6.47. The standard InChI is InChI=1S/C25H31N3O7/c1-27(2)14-7-8-15(35-6)17-12(14)9-11-10-13-19(28(3,4)5)21(30)18(24(26)33)23(32)25(13,34)22(31)16(11)20(17)29/h7-8,11,13,16,18-19,34H,9-10H2,1-6H3,(H-,26,33)/p+1/t11-,13-,16?,18?,19-,25-/m0/s1. The van der Waals surface area contributed by atoms with E-state index < -0.39 is 64.4 Å². The molecule has 0 saturated heterocycles. The molecule has 2 fully saturated rings. The van der Waals surface area contributed by atoms with Crippen molar-refractivity contribution in [2.45, 2.75) is 24.5 Å². The molecule has 0 spiro atoms. The highest BCUT2D eigenvalue weighted by molar-refractivity contribution is 6.32. The van der Waals surface area contributed by atoms with Gasteiger partial charge in [0.1, 0.15) is 5.75 Å². The molecule has 0 heterocycles. The molecule has 10 heteroatoms. The normalized spacial score (nSPS) is 32.5. The second-order valence-corrected chi connectivity index (χ2v) is 11.0. The van der Waals surface area contributed by atoms with Crippen LogP contribution in [0.15, 0.2) is 12.1 Å². The Bertz CT molecular complexity index is 1170. The summed E-state index contributed by atoms with van der Waals surface area (Å²) >= 11 is 0. The number of nitrogens with zero attached hydrogens (tertiary/aromatic N) is 2. The first kappa shape index (κ1) is 25.0. The number of hydrogen-bond donors (Lipinski definition) is 2. The van der Waals surface area contributed by atoms with Gasteiger partial charge < -0.3 is 25.0 Å². The number of primary amides is 1. The van der Waals surface area contributed by atoms with Gasteiger partial charge >= 0.3 is 0 Å². The smallest absolute Gasteiger partial charge is 0.235 e. The number of fused-ring (bicyclic) bond motifs is 3. The van der Waals surface area contributed by atoms with Crippen LogP contribution in [0.5, 0.6) is 5.75 Å². The summed E-state index contributed by atoms with van der Waals surface area (Å²) in [5.41, 5.74) is 4.50. The lowest BCUT2D eigenvalue weighted by Crippen LogP contribution is -2.76. The van der Waals surface area contributed by atoms with Crippen molar-refractivity contribution >= 4 is 34.7 Å². The van der Waals surface area contributed by atoms with Gasteiger partial charge in [0.05, 0.1) is 45.7 Å². The van der Waals surface area contributed by atoms with E-state index in [0.717, 1.165) is 11.3 Å². The largest absolute Gasteiger partial charge is 0.496 e. The molecule has 2 saturated carbocycles. The highest BCUT2D eigenvalue weighted by Crippen LogP contribution is 2.52. The number of anilines is 1. The lowest BCUT2D eigenvalue weighted by atomic mass is 9.52. The Morgan fingerprint density at radius 3 is 2.29 bits per heavy atom. The molecule has 1 aromatic rings. The van der Waals surface area contributed by atoms with E-state index in [2.05, 4.69) is 0 Å². The van der Waals surface area contributed by atoms with Crippen LogP contribution < -0.4 is 15.4 Å². The molecule has 35 heavy (non-hydrogen) atoms. The van der Waals surface area contributed by atoms with Crippen molar-refractivity contribution in [2.75, 3.05) is 47.2 Å². The molecule has 0 aliphatic heterocycles. The van der Waals surface area contributed by atoms with Gasteiger partial charge in [-0.25, -0.2) is 0 Å². The zero-order chi connectivity index (χ0) is 26.2. The van der Waals surface area contributed by atoms with E-state index in [9.17, 15) is 29.1 Å². The Morgan fingerprint density at radius 2 is 1.77 bits per heavy atom. The Morgan fingerprint density at radius 1 is 1.14 bits per heavy atom. The number of carbonyl (C=O) groups is 5. The maximum atomic E-state index is 13.9. The number of likely N-dealkylation sites (N-methyl/N-ethyl adjacent to an activating group) is 1. The monoisotopic (exact) mass is 486 g/mol. The van der Waals surface area contributed by atoms with Crippen LogP contribution in [-0.2, 0) is 25.6 Å². The molecular formula is C25H32N3O7+. The van der Waals surface area contributed by atoms with Crippen molar-refractivity contribution in [1.29, 1.82) is 0 Å². The number of Topliss-reactive ketones (excluding diaryl/α,β-unsaturated/α-hetero) is 4. The molecule has 2 unspecified atom stereocenters. The molecule has 4 rings (SSSR count). The van der Waals surface area contributed by atoms with Crippen LogP contribution in [0.4, 0.5) is 5.69 Å². The lowest BCUT2D eigenvalue weighted by Gasteiger charge is -2.53. The van der Waals surface area contributed by atoms with E-state index >= 15 is 0 Å². The van der Waals surface area contributed by atoms with Gasteiger partial charge in [0.2, 0.25) is 11.7 Å². The fraction of sp³-hybridized carbons (Fsp3) is 0.560. The Balaban J connectivity index is 1.92. The van der Waals surface area contributed by atoms with Crippen molar-refractivity contribution in [3.8, 4) is 5.75 Å². The van der Waals surface area contributed by atoms with E-state index in [1.807, 2.05) is 25.1 Å². The zero-order valence-corrected chi connectivity index (χ0v) is 20.8. The summed E-state index contributed by atoms with van der Waals surface area (Å²) in [6, 6.07) is 2.46. The van der Waals surface area contributed by atoms with E-state index in [4.69, 9.17) is 10.5 Å². The van der Waals surface area contributed by atoms with Crippen molar-refractivity contribution < 1.29 is 38.3 Å². The number of benzene rings is 1. The van der Waals surface area contributed by atoms with E-state index in [1.165, 1.54) is 7.11 Å². The summed E-state index contributed by atoms with van der Waals surface area (Å²) in [5, 5.41) is 11.7. The van der Waals surface area contributed by atoms with E-state index in [-0.39, 0.29) is 16.5 Å². The van der Waals surface area contributed by atoms with Gasteiger partial charge in [0, 0.05) is 19.8 Å². The number of quaternary nitrogens is 1. The molecule has 10 nitrogen and oxygen atoms in total. The van der Waals surface area contributed by atoms with Gasteiger partial charge in [-0.3, -0.25) is 24.0 Å². The fourth-order valence-electron chi connectivity index (χ4n) is 6.47. The summed E-state index contributed by atoms with van der Waals surface area (Å²) in [7, 11) is 10.2. The predicted octanol–water partition coefficient (Wildman–Crippen LogP) is -0.619. The number of carbonyl (C=O) groups excluding carboxylic acids is 5. The van der Waals surface area contributed by atoms with E-state index in [0.29, 0.717) is 12.2 Å². The second-order valence-electron chi connectivity index (χ2n) is 11.0. The molecule has 188 valence electrons. The van der Waals surface area contributed by atoms with E-state index in [1.54, 1.807) is 27.2 Å². The number of ketones is 4. The van der Waals surface area contributed by atoms with Gasteiger partial charge in [-0.2, -0.15) is 0 Å². The maximum absolute atomic E-state index is 13.9. The Labute approximate surface area is 203 Å². The van der Waals surface area contributed by atoms with Gasteiger partial charge in [0.15, 0.2) is 34.9 Å². The summed E-state index contributed by atoms with van der Waals surface area (Å²) in [5.74, 6) is -9.18. The summed E-state index contributed by atoms with van der Waals surface area (Å²) < 4.78 is 5.40. The first-order valence-electron chi connectivity index (χ1n) is 11.5. The number of aliphatic hydroxyl groups is 1. The van der Waals surface area contributed by atoms with Gasteiger partial charge in [-0.1, -0.05) is 0 Å². The van der Waals surface area contributed by atoms with Crippen LogP contribution in [0, 0.1) is 23.7 Å². The molecule has 0 aromatic heterocycles. The minimum atomic E-state index is -2.66. The average Bonchev–Trinajstić information content (AvgIpc) is 2.74. The van der Waals surface area contributed by atoms with Crippen molar-refractivity contribution in [3.05, 3.63) is 23.3 Å². The molecule has 0 bridgehead atoms. The SMILES string of the molecule is COc1ccc(N(C)C)c2c1C(=O)C1C(=O)[C@]3(O)C(=O)C(C(N)=O)C(=O)[C@@H]([N+](C)(C)C)[C@@H]3C[C@@H]1C2. The summed E-state index contributed by atoms with van der Waals surface area (Å²) in [4.78, 5) is 68.4. The molecule has 3 N–H and O–H groups in total. The van der Waals surface area contributed by atoms with Crippen LogP contribution in [0.1, 0.15) is 22.3 Å². The van der Waals surface area contributed by atoms with Crippen LogP contribution >= 0.6 is 0 Å². The predicted molar refractivity (Wildman–Crippen MR) is 125 cm³/mol. The number of ether oxygens (including phenoxy) is 1. The number of hydrogen-bond acceptors (Lipinski definition) is 8. The molecule has 1 amide bonds. The molecule has 3 aliphatic carbocycles. The number of amides is 1. The van der Waals surface area contributed by atoms with Crippen LogP contribution in [-0.4, -0.2) is 92.6 Å². The van der Waals surface area contributed by atoms with Crippen LogP contribution in [0.25, 0.3) is 0 Å². The van der Waals surface area contributed by atoms with Crippen molar-refractivity contribution in [2.24, 2.45) is 29.4 Å². The molecular weight excluding hydrogens is 454 g/mol. The maximum Gasteiger partial charge on any atom is 0.235 e. The minimum absolute atomic E-state index is 0.0190. The minimum Gasteiger partial charge on any atom is -0.496 e. The number of methoxy groups -OCH3 is 1. The van der Waals surface area contributed by atoms with Crippen LogP contribution in [0.2, 0.25) is 0 Å². The van der Waals surface area contributed by atoms with Crippen molar-refractivity contribution in [3.63, 3.8) is 0 Å². The lowest BCUT2D eigenvalue weighted by molar-refractivity contribution is -0.891. The highest BCUT2D eigenvalue weighted by atomic mass is 16.5. The third kappa shape index (κ3) is 3.34.